The quantitative estimate of drug-likeness (QED) is 0.900. The summed E-state index contributed by atoms with van der Waals surface area (Å²) in [6.07, 6.45) is 2.75. The van der Waals surface area contributed by atoms with E-state index in [0.29, 0.717) is 12.5 Å². The van der Waals surface area contributed by atoms with Crippen molar-refractivity contribution in [3.63, 3.8) is 0 Å². The molecule has 1 aromatic rings. The fraction of sp³-hybridized carbons (Fsp3) is 0.533. The van der Waals surface area contributed by atoms with Crippen molar-refractivity contribution in [3.05, 3.63) is 35.6 Å². The number of carbonyl (C=O) groups excluding carboxylic acids is 1. The molecule has 1 saturated carbocycles. The predicted molar refractivity (Wildman–Crippen MR) is 71.1 cm³/mol. The Bertz CT molecular complexity index is 481. The molecule has 2 fully saturated rings. The van der Waals surface area contributed by atoms with Crippen molar-refractivity contribution in [3.8, 4) is 0 Å². The number of rotatable bonds is 3. The number of nitrogens with zero attached hydrogens (tertiary/aromatic N) is 1. The van der Waals surface area contributed by atoms with Gasteiger partial charge in [0.1, 0.15) is 5.82 Å². The van der Waals surface area contributed by atoms with E-state index in [9.17, 15) is 9.18 Å². The van der Waals surface area contributed by atoms with E-state index in [2.05, 4.69) is 0 Å². The van der Waals surface area contributed by atoms with Crippen molar-refractivity contribution in [2.75, 3.05) is 19.6 Å². The molecule has 3 nitrogen and oxygen atoms in total. The van der Waals surface area contributed by atoms with Crippen molar-refractivity contribution in [2.45, 2.75) is 24.7 Å². The highest BCUT2D eigenvalue weighted by Gasteiger charge is 2.53. The van der Waals surface area contributed by atoms with Crippen LogP contribution in [-0.2, 0) is 10.2 Å². The maximum atomic E-state index is 13.0. The first-order valence-corrected chi connectivity index (χ1v) is 6.91. The van der Waals surface area contributed by atoms with Gasteiger partial charge in [0.05, 0.1) is 5.41 Å². The van der Waals surface area contributed by atoms with Gasteiger partial charge in [-0.25, -0.2) is 4.39 Å². The number of carbonyl (C=O) groups is 1. The van der Waals surface area contributed by atoms with E-state index >= 15 is 0 Å². The number of benzene rings is 1. The Labute approximate surface area is 112 Å². The van der Waals surface area contributed by atoms with Crippen LogP contribution in [0.25, 0.3) is 0 Å². The molecule has 1 aliphatic heterocycles. The van der Waals surface area contributed by atoms with Crippen LogP contribution in [0, 0.1) is 11.7 Å². The van der Waals surface area contributed by atoms with Gasteiger partial charge in [0.2, 0.25) is 5.91 Å². The lowest BCUT2D eigenvalue weighted by atomic mass is 9.94. The second-order valence-electron chi connectivity index (χ2n) is 5.73. The normalized spacial score (nSPS) is 24.5. The van der Waals surface area contributed by atoms with E-state index < -0.39 is 0 Å². The van der Waals surface area contributed by atoms with Crippen LogP contribution in [0.2, 0.25) is 0 Å². The molecule has 0 spiro atoms. The molecule has 3 rings (SSSR count). The molecule has 1 heterocycles. The van der Waals surface area contributed by atoms with E-state index in [0.717, 1.165) is 37.9 Å². The number of nitrogens with two attached hydrogens (primary N) is 1. The fourth-order valence-electron chi connectivity index (χ4n) is 3.03. The summed E-state index contributed by atoms with van der Waals surface area (Å²) >= 11 is 0. The first-order chi connectivity index (χ1) is 9.15. The molecule has 2 N–H and O–H groups in total. The highest BCUT2D eigenvalue weighted by Crippen LogP contribution is 2.50. The number of hydrogen-bond donors (Lipinski definition) is 1. The lowest BCUT2D eigenvalue weighted by Crippen LogP contribution is -2.38. The van der Waals surface area contributed by atoms with Crippen molar-refractivity contribution >= 4 is 5.91 Å². The van der Waals surface area contributed by atoms with Gasteiger partial charge in [-0.3, -0.25) is 4.79 Å². The third-order valence-corrected chi connectivity index (χ3v) is 4.46. The third-order valence-electron chi connectivity index (χ3n) is 4.46. The van der Waals surface area contributed by atoms with E-state index in [1.54, 1.807) is 12.1 Å². The molecule has 0 aromatic heterocycles. The zero-order valence-electron chi connectivity index (χ0n) is 10.9. The SMILES string of the molecule is NCC1CCN(C(=O)C2(c3ccc(F)cc3)CC2)C1. The summed E-state index contributed by atoms with van der Waals surface area (Å²) < 4.78 is 13.0. The van der Waals surface area contributed by atoms with Crippen LogP contribution in [0.5, 0.6) is 0 Å². The van der Waals surface area contributed by atoms with Gasteiger partial charge in [-0.1, -0.05) is 12.1 Å². The van der Waals surface area contributed by atoms with E-state index in [1.165, 1.54) is 12.1 Å². The minimum absolute atomic E-state index is 0.204. The van der Waals surface area contributed by atoms with Gasteiger partial charge in [0.15, 0.2) is 0 Å². The fourth-order valence-corrected chi connectivity index (χ4v) is 3.03. The standard InChI is InChI=1S/C15H19FN2O/c16-13-3-1-12(2-4-13)15(6-7-15)14(19)18-8-5-11(9-17)10-18/h1-4,11H,5-10,17H2. The second kappa shape index (κ2) is 4.60. The van der Waals surface area contributed by atoms with Gasteiger partial charge in [-0.15, -0.1) is 0 Å². The van der Waals surface area contributed by atoms with E-state index in [1.807, 2.05) is 4.90 Å². The summed E-state index contributed by atoms with van der Waals surface area (Å²) in [7, 11) is 0. The number of hydrogen-bond acceptors (Lipinski definition) is 2. The van der Waals surface area contributed by atoms with Crippen LogP contribution in [0.4, 0.5) is 4.39 Å². The Hall–Kier alpha value is -1.42. The van der Waals surface area contributed by atoms with Crippen molar-refractivity contribution in [1.29, 1.82) is 0 Å². The molecule has 4 heteroatoms. The zero-order valence-corrected chi connectivity index (χ0v) is 10.9. The number of halogens is 1. The van der Waals surface area contributed by atoms with Gasteiger partial charge in [-0.05, 0) is 49.4 Å². The predicted octanol–water partition coefficient (Wildman–Crippen LogP) is 1.66. The summed E-state index contributed by atoms with van der Waals surface area (Å²) in [6, 6.07) is 6.37. The first-order valence-electron chi connectivity index (χ1n) is 6.91. The Morgan fingerprint density at radius 2 is 2.05 bits per heavy atom. The number of likely N-dealkylation sites (tertiary alicyclic amines) is 1. The maximum absolute atomic E-state index is 13.0. The average molecular weight is 262 g/mol. The molecule has 1 saturated heterocycles. The second-order valence-corrected chi connectivity index (χ2v) is 5.73. The van der Waals surface area contributed by atoms with Crippen molar-refractivity contribution in [2.24, 2.45) is 11.7 Å². The Balaban J connectivity index is 1.78. The summed E-state index contributed by atoms with van der Waals surface area (Å²) in [5, 5.41) is 0. The topological polar surface area (TPSA) is 46.3 Å². The van der Waals surface area contributed by atoms with Crippen LogP contribution in [-0.4, -0.2) is 30.4 Å². The lowest BCUT2D eigenvalue weighted by molar-refractivity contribution is -0.133. The summed E-state index contributed by atoms with van der Waals surface area (Å²) in [4.78, 5) is 14.6. The number of amides is 1. The zero-order chi connectivity index (χ0) is 13.5. The molecule has 102 valence electrons. The lowest BCUT2D eigenvalue weighted by Gasteiger charge is -2.23. The highest BCUT2D eigenvalue weighted by molar-refractivity contribution is 5.91. The molecule has 19 heavy (non-hydrogen) atoms. The van der Waals surface area contributed by atoms with Gasteiger partial charge >= 0.3 is 0 Å². The van der Waals surface area contributed by atoms with Gasteiger partial charge in [0.25, 0.3) is 0 Å². The van der Waals surface area contributed by atoms with Crippen LogP contribution in [0.1, 0.15) is 24.8 Å². The molecule has 1 aromatic carbocycles. The monoisotopic (exact) mass is 262 g/mol. The molecule has 1 atom stereocenters. The third kappa shape index (κ3) is 2.14. The summed E-state index contributed by atoms with van der Waals surface area (Å²) in [5.74, 6) is 0.388. The van der Waals surface area contributed by atoms with Gasteiger partial charge in [0, 0.05) is 13.1 Å². The molecular weight excluding hydrogens is 243 g/mol. The van der Waals surface area contributed by atoms with Gasteiger partial charge < -0.3 is 10.6 Å². The van der Waals surface area contributed by atoms with E-state index in [4.69, 9.17) is 5.73 Å². The molecule has 2 aliphatic rings. The molecule has 1 amide bonds. The van der Waals surface area contributed by atoms with Crippen LogP contribution in [0.3, 0.4) is 0 Å². The minimum Gasteiger partial charge on any atom is -0.342 e. The largest absolute Gasteiger partial charge is 0.342 e. The average Bonchev–Trinajstić information content (AvgIpc) is 3.09. The highest BCUT2D eigenvalue weighted by atomic mass is 19.1. The molecule has 1 aliphatic carbocycles. The first kappa shape index (κ1) is 12.6. The Kier molecular flexibility index (Phi) is 3.05. The van der Waals surface area contributed by atoms with Crippen LogP contribution < -0.4 is 5.73 Å². The van der Waals surface area contributed by atoms with Crippen LogP contribution in [0.15, 0.2) is 24.3 Å². The van der Waals surface area contributed by atoms with Crippen molar-refractivity contribution < 1.29 is 9.18 Å². The molecular formula is C15H19FN2O. The van der Waals surface area contributed by atoms with E-state index in [-0.39, 0.29) is 17.1 Å². The summed E-state index contributed by atoms with van der Waals surface area (Å²) in [6.45, 7) is 2.23. The Morgan fingerprint density at radius 3 is 2.58 bits per heavy atom. The minimum atomic E-state index is -0.378. The van der Waals surface area contributed by atoms with Crippen LogP contribution >= 0.6 is 0 Å². The molecule has 0 radical (unpaired) electrons. The smallest absolute Gasteiger partial charge is 0.233 e. The van der Waals surface area contributed by atoms with Gasteiger partial charge in [-0.2, -0.15) is 0 Å². The van der Waals surface area contributed by atoms with Crippen molar-refractivity contribution in [1.82, 2.24) is 4.90 Å². The maximum Gasteiger partial charge on any atom is 0.233 e. The molecule has 0 bridgehead atoms. The molecule has 1 unspecified atom stereocenters. The Morgan fingerprint density at radius 1 is 1.37 bits per heavy atom. The summed E-state index contributed by atoms with van der Waals surface area (Å²) in [5.41, 5.74) is 6.24.